The van der Waals surface area contributed by atoms with E-state index in [1.807, 2.05) is 0 Å². The van der Waals surface area contributed by atoms with E-state index in [1.165, 1.54) is 11.8 Å². The standard InChI is InChI=1S/C12H10BrNO3/c1-7(15)5-6-14-10-8(11(16)12(14)17)3-2-4-9(10)13/h2-4H,5-6H2,1H3. The largest absolute Gasteiger partial charge is 0.303 e. The van der Waals surface area contributed by atoms with E-state index >= 15 is 0 Å². The highest BCUT2D eigenvalue weighted by atomic mass is 79.9. The quantitative estimate of drug-likeness (QED) is 0.801. The number of nitrogens with zero attached hydrogens (tertiary/aromatic N) is 1. The fourth-order valence-corrected chi connectivity index (χ4v) is 2.38. The number of carbonyl (C=O) groups is 3. The van der Waals surface area contributed by atoms with Gasteiger partial charge >= 0.3 is 0 Å². The zero-order valence-corrected chi connectivity index (χ0v) is 10.8. The van der Waals surface area contributed by atoms with Gasteiger partial charge in [-0.25, -0.2) is 0 Å². The molecule has 4 nitrogen and oxygen atoms in total. The number of para-hydroxylation sites is 1. The number of hydrogen-bond acceptors (Lipinski definition) is 3. The predicted octanol–water partition coefficient (Wildman–Crippen LogP) is 1.96. The van der Waals surface area contributed by atoms with Crippen LogP contribution in [0.2, 0.25) is 0 Å². The number of benzene rings is 1. The lowest BCUT2D eigenvalue weighted by Crippen LogP contribution is -2.31. The number of carbonyl (C=O) groups excluding carboxylic acids is 3. The molecule has 0 bridgehead atoms. The Kier molecular flexibility index (Phi) is 3.11. The van der Waals surface area contributed by atoms with Crippen LogP contribution in [-0.2, 0) is 9.59 Å². The molecule has 1 aliphatic rings. The second-order valence-electron chi connectivity index (χ2n) is 3.87. The Bertz CT molecular complexity index is 524. The monoisotopic (exact) mass is 295 g/mol. The second-order valence-corrected chi connectivity index (χ2v) is 4.73. The van der Waals surface area contributed by atoms with Crippen molar-refractivity contribution < 1.29 is 14.4 Å². The van der Waals surface area contributed by atoms with Crippen LogP contribution in [0.15, 0.2) is 22.7 Å². The topological polar surface area (TPSA) is 54.5 Å². The number of ketones is 2. The first-order chi connectivity index (χ1) is 8.02. The lowest BCUT2D eigenvalue weighted by atomic mass is 10.1. The van der Waals surface area contributed by atoms with Crippen molar-refractivity contribution in [2.24, 2.45) is 0 Å². The van der Waals surface area contributed by atoms with E-state index in [9.17, 15) is 14.4 Å². The fourth-order valence-electron chi connectivity index (χ4n) is 1.79. The van der Waals surface area contributed by atoms with Crippen LogP contribution in [0.25, 0.3) is 0 Å². The normalized spacial score (nSPS) is 14.1. The van der Waals surface area contributed by atoms with E-state index in [1.54, 1.807) is 18.2 Å². The minimum absolute atomic E-state index is 0.00856. The third kappa shape index (κ3) is 2.02. The molecule has 0 saturated carbocycles. The average molecular weight is 296 g/mol. The van der Waals surface area contributed by atoms with Crippen molar-refractivity contribution in [1.82, 2.24) is 0 Å². The SMILES string of the molecule is CC(=O)CCN1C(=O)C(=O)c2cccc(Br)c21. The van der Waals surface area contributed by atoms with Gasteiger partial charge in [0.1, 0.15) is 5.78 Å². The van der Waals surface area contributed by atoms with Crippen LogP contribution >= 0.6 is 15.9 Å². The molecule has 0 radical (unpaired) electrons. The molecule has 17 heavy (non-hydrogen) atoms. The van der Waals surface area contributed by atoms with Crippen LogP contribution in [0.5, 0.6) is 0 Å². The van der Waals surface area contributed by atoms with Gasteiger partial charge in [-0.2, -0.15) is 0 Å². The highest BCUT2D eigenvalue weighted by Crippen LogP contribution is 2.35. The summed E-state index contributed by atoms with van der Waals surface area (Å²) in [5.41, 5.74) is 0.969. The summed E-state index contributed by atoms with van der Waals surface area (Å²) in [5, 5.41) is 0. The summed E-state index contributed by atoms with van der Waals surface area (Å²) in [6.07, 6.45) is 0.250. The molecule has 1 amide bonds. The van der Waals surface area contributed by atoms with Crippen molar-refractivity contribution in [3.05, 3.63) is 28.2 Å². The van der Waals surface area contributed by atoms with E-state index < -0.39 is 11.7 Å². The Morgan fingerprint density at radius 3 is 2.71 bits per heavy atom. The van der Waals surface area contributed by atoms with E-state index in [-0.39, 0.29) is 18.7 Å². The van der Waals surface area contributed by atoms with Crippen LogP contribution in [0.3, 0.4) is 0 Å². The van der Waals surface area contributed by atoms with Gasteiger partial charge in [0.15, 0.2) is 0 Å². The summed E-state index contributed by atoms with van der Waals surface area (Å²) in [5.74, 6) is -1.08. The molecular weight excluding hydrogens is 286 g/mol. The summed E-state index contributed by atoms with van der Waals surface area (Å²) >= 11 is 3.32. The minimum atomic E-state index is -0.562. The maximum Gasteiger partial charge on any atom is 0.299 e. The Labute approximate surface area is 107 Å². The first-order valence-corrected chi connectivity index (χ1v) is 5.96. The van der Waals surface area contributed by atoms with Crippen molar-refractivity contribution in [3.8, 4) is 0 Å². The molecule has 0 atom stereocenters. The number of anilines is 1. The lowest BCUT2D eigenvalue weighted by Gasteiger charge is -2.16. The van der Waals surface area contributed by atoms with E-state index in [4.69, 9.17) is 0 Å². The number of Topliss-reactive ketones (excluding diaryl/α,β-unsaturated/α-hetero) is 2. The third-order valence-corrected chi connectivity index (χ3v) is 3.27. The molecule has 1 aromatic carbocycles. The highest BCUT2D eigenvalue weighted by molar-refractivity contribution is 9.10. The Morgan fingerprint density at radius 1 is 1.35 bits per heavy atom. The van der Waals surface area contributed by atoms with E-state index in [0.717, 1.165) is 0 Å². The maximum absolute atomic E-state index is 11.8. The van der Waals surface area contributed by atoms with Gasteiger partial charge in [-0.1, -0.05) is 6.07 Å². The molecule has 0 unspecified atom stereocenters. The Morgan fingerprint density at radius 2 is 2.06 bits per heavy atom. The van der Waals surface area contributed by atoms with Gasteiger partial charge in [0, 0.05) is 17.4 Å². The van der Waals surface area contributed by atoms with Crippen LogP contribution < -0.4 is 4.90 Å². The van der Waals surface area contributed by atoms with Gasteiger partial charge in [-0.15, -0.1) is 0 Å². The molecule has 1 heterocycles. The number of rotatable bonds is 3. The van der Waals surface area contributed by atoms with Gasteiger partial charge in [-0.05, 0) is 35.0 Å². The average Bonchev–Trinajstić information content (AvgIpc) is 2.52. The van der Waals surface area contributed by atoms with Crippen LogP contribution in [0, 0.1) is 0 Å². The molecule has 1 aromatic rings. The molecule has 0 aliphatic carbocycles. The first-order valence-electron chi connectivity index (χ1n) is 5.16. The molecule has 0 spiro atoms. The summed E-state index contributed by atoms with van der Waals surface area (Å²) in [6.45, 7) is 1.71. The van der Waals surface area contributed by atoms with Crippen molar-refractivity contribution in [3.63, 3.8) is 0 Å². The summed E-state index contributed by atoms with van der Waals surface area (Å²) in [4.78, 5) is 35.8. The van der Waals surface area contributed by atoms with E-state index in [0.29, 0.717) is 15.7 Å². The molecular formula is C12H10BrNO3. The highest BCUT2D eigenvalue weighted by Gasteiger charge is 2.36. The summed E-state index contributed by atoms with van der Waals surface area (Å²) in [7, 11) is 0. The van der Waals surface area contributed by atoms with Gasteiger partial charge < -0.3 is 4.90 Å². The van der Waals surface area contributed by atoms with Gasteiger partial charge in [0.05, 0.1) is 11.3 Å². The Balaban J connectivity index is 2.40. The molecule has 1 aliphatic heterocycles. The zero-order valence-electron chi connectivity index (χ0n) is 9.20. The smallest absolute Gasteiger partial charge is 0.299 e. The predicted molar refractivity (Wildman–Crippen MR) is 66.1 cm³/mol. The van der Waals surface area contributed by atoms with Crippen molar-refractivity contribution in [2.75, 3.05) is 11.4 Å². The van der Waals surface area contributed by atoms with Gasteiger partial charge in [0.25, 0.3) is 11.7 Å². The zero-order chi connectivity index (χ0) is 12.6. The number of amides is 1. The van der Waals surface area contributed by atoms with Crippen LogP contribution in [0.4, 0.5) is 5.69 Å². The van der Waals surface area contributed by atoms with Crippen molar-refractivity contribution in [2.45, 2.75) is 13.3 Å². The molecule has 88 valence electrons. The van der Waals surface area contributed by atoms with Gasteiger partial charge in [-0.3, -0.25) is 14.4 Å². The summed E-state index contributed by atoms with van der Waals surface area (Å²) in [6, 6.07) is 5.10. The van der Waals surface area contributed by atoms with E-state index in [2.05, 4.69) is 15.9 Å². The minimum Gasteiger partial charge on any atom is -0.303 e. The number of hydrogen-bond donors (Lipinski definition) is 0. The Hall–Kier alpha value is -1.49. The lowest BCUT2D eigenvalue weighted by molar-refractivity contribution is -0.117. The number of halogens is 1. The first kappa shape index (κ1) is 12.0. The molecule has 0 N–H and O–H groups in total. The van der Waals surface area contributed by atoms with Gasteiger partial charge in [0.2, 0.25) is 0 Å². The maximum atomic E-state index is 11.8. The number of fused-ring (bicyclic) bond motifs is 1. The van der Waals surface area contributed by atoms with Crippen molar-refractivity contribution >= 4 is 39.1 Å². The summed E-state index contributed by atoms with van der Waals surface area (Å²) < 4.78 is 0.692. The van der Waals surface area contributed by atoms with Crippen LogP contribution in [-0.4, -0.2) is 24.0 Å². The molecule has 2 rings (SSSR count). The molecule has 0 saturated heterocycles. The molecule has 5 heteroatoms. The fraction of sp³-hybridized carbons (Fsp3) is 0.250. The van der Waals surface area contributed by atoms with Crippen LogP contribution in [0.1, 0.15) is 23.7 Å². The van der Waals surface area contributed by atoms with Crippen molar-refractivity contribution in [1.29, 1.82) is 0 Å². The second kappa shape index (κ2) is 4.41. The molecule has 0 fully saturated rings. The third-order valence-electron chi connectivity index (χ3n) is 2.63. The molecule has 0 aromatic heterocycles.